The third-order valence-electron chi connectivity index (χ3n) is 2.06. The first kappa shape index (κ1) is 9.92. The van der Waals surface area contributed by atoms with E-state index in [1.165, 1.54) is 0 Å². The molecular formula is C9H9ClN4O. The molecule has 0 atom stereocenters. The van der Waals surface area contributed by atoms with Crippen molar-refractivity contribution in [3.63, 3.8) is 0 Å². The molecule has 5 nitrogen and oxygen atoms in total. The SMILES string of the molecule is CNC(=O)c1c[nH]c2c(Cl)nc(C)nc12. The van der Waals surface area contributed by atoms with E-state index in [0.29, 0.717) is 27.6 Å². The van der Waals surface area contributed by atoms with Gasteiger partial charge in [0.2, 0.25) is 0 Å². The van der Waals surface area contributed by atoms with Gasteiger partial charge in [0.1, 0.15) is 16.9 Å². The first-order valence-electron chi connectivity index (χ1n) is 4.36. The number of rotatable bonds is 1. The number of carbonyl (C=O) groups excluding carboxylic acids is 1. The fourth-order valence-corrected chi connectivity index (χ4v) is 1.65. The van der Waals surface area contributed by atoms with Crippen molar-refractivity contribution in [3.8, 4) is 0 Å². The van der Waals surface area contributed by atoms with Gasteiger partial charge in [-0.3, -0.25) is 4.79 Å². The highest BCUT2D eigenvalue weighted by Crippen LogP contribution is 2.21. The van der Waals surface area contributed by atoms with Crippen molar-refractivity contribution in [2.45, 2.75) is 6.92 Å². The lowest BCUT2D eigenvalue weighted by Gasteiger charge is -1.98. The Bertz CT molecular complexity index is 534. The van der Waals surface area contributed by atoms with Gasteiger partial charge in [-0.2, -0.15) is 0 Å². The van der Waals surface area contributed by atoms with Crippen LogP contribution < -0.4 is 5.32 Å². The van der Waals surface area contributed by atoms with Crippen LogP contribution in [0.5, 0.6) is 0 Å². The second-order valence-electron chi connectivity index (χ2n) is 3.07. The van der Waals surface area contributed by atoms with Gasteiger partial charge in [-0.25, -0.2) is 9.97 Å². The van der Waals surface area contributed by atoms with Crippen molar-refractivity contribution in [2.75, 3.05) is 7.05 Å². The van der Waals surface area contributed by atoms with Gasteiger partial charge in [0, 0.05) is 13.2 Å². The maximum Gasteiger partial charge on any atom is 0.254 e. The number of aromatic nitrogens is 3. The van der Waals surface area contributed by atoms with Crippen LogP contribution in [0.25, 0.3) is 11.0 Å². The van der Waals surface area contributed by atoms with Gasteiger partial charge in [0.15, 0.2) is 5.15 Å². The van der Waals surface area contributed by atoms with Crippen LogP contribution in [-0.2, 0) is 0 Å². The second-order valence-corrected chi connectivity index (χ2v) is 3.42. The molecule has 6 heteroatoms. The smallest absolute Gasteiger partial charge is 0.254 e. The Kier molecular flexibility index (Phi) is 2.32. The number of aryl methyl sites for hydroxylation is 1. The molecule has 0 unspecified atom stereocenters. The Balaban J connectivity index is 2.74. The number of amides is 1. The zero-order chi connectivity index (χ0) is 11.0. The lowest BCUT2D eigenvalue weighted by atomic mass is 10.2. The maximum absolute atomic E-state index is 11.5. The van der Waals surface area contributed by atoms with Crippen LogP contribution in [0.15, 0.2) is 6.20 Å². The summed E-state index contributed by atoms with van der Waals surface area (Å²) in [6.07, 6.45) is 1.57. The van der Waals surface area contributed by atoms with Crippen LogP contribution in [0.3, 0.4) is 0 Å². The van der Waals surface area contributed by atoms with Gasteiger partial charge in [0.25, 0.3) is 5.91 Å². The molecule has 2 aromatic heterocycles. The van der Waals surface area contributed by atoms with Crippen LogP contribution in [0, 0.1) is 6.92 Å². The summed E-state index contributed by atoms with van der Waals surface area (Å²) < 4.78 is 0. The molecule has 0 aliphatic carbocycles. The molecule has 0 saturated carbocycles. The van der Waals surface area contributed by atoms with E-state index in [1.807, 2.05) is 0 Å². The van der Waals surface area contributed by atoms with Crippen molar-refractivity contribution in [1.29, 1.82) is 0 Å². The summed E-state index contributed by atoms with van der Waals surface area (Å²) in [7, 11) is 1.57. The molecule has 2 aromatic rings. The van der Waals surface area contributed by atoms with E-state index in [2.05, 4.69) is 20.3 Å². The number of halogens is 1. The van der Waals surface area contributed by atoms with E-state index in [4.69, 9.17) is 11.6 Å². The molecule has 0 fully saturated rings. The number of carbonyl (C=O) groups is 1. The van der Waals surface area contributed by atoms with E-state index in [0.717, 1.165) is 0 Å². The number of hydrogen-bond acceptors (Lipinski definition) is 3. The Morgan fingerprint density at radius 3 is 2.93 bits per heavy atom. The van der Waals surface area contributed by atoms with Gasteiger partial charge in [-0.05, 0) is 6.92 Å². The summed E-state index contributed by atoms with van der Waals surface area (Å²) in [5.74, 6) is 0.340. The van der Waals surface area contributed by atoms with Crippen molar-refractivity contribution in [2.24, 2.45) is 0 Å². The van der Waals surface area contributed by atoms with Gasteiger partial charge in [-0.1, -0.05) is 11.6 Å². The summed E-state index contributed by atoms with van der Waals surface area (Å²) in [5, 5.41) is 2.86. The highest BCUT2D eigenvalue weighted by atomic mass is 35.5. The number of nitrogens with zero attached hydrogens (tertiary/aromatic N) is 2. The van der Waals surface area contributed by atoms with Crippen molar-refractivity contribution in [1.82, 2.24) is 20.3 Å². The third kappa shape index (κ3) is 1.55. The Labute approximate surface area is 90.9 Å². The lowest BCUT2D eigenvalue weighted by molar-refractivity contribution is 0.0964. The van der Waals surface area contributed by atoms with E-state index in [9.17, 15) is 4.79 Å². The Morgan fingerprint density at radius 2 is 2.27 bits per heavy atom. The summed E-state index contributed by atoms with van der Waals surface area (Å²) >= 11 is 5.91. The fourth-order valence-electron chi connectivity index (χ4n) is 1.38. The largest absolute Gasteiger partial charge is 0.357 e. The van der Waals surface area contributed by atoms with Gasteiger partial charge in [-0.15, -0.1) is 0 Å². The highest BCUT2D eigenvalue weighted by molar-refractivity contribution is 6.34. The van der Waals surface area contributed by atoms with Crippen LogP contribution in [0.2, 0.25) is 5.15 Å². The van der Waals surface area contributed by atoms with Crippen LogP contribution in [0.4, 0.5) is 0 Å². The molecule has 0 radical (unpaired) electrons. The topological polar surface area (TPSA) is 70.7 Å². The summed E-state index contributed by atoms with van der Waals surface area (Å²) in [5.41, 5.74) is 1.60. The zero-order valence-electron chi connectivity index (χ0n) is 8.26. The predicted molar refractivity (Wildman–Crippen MR) is 57.0 cm³/mol. The Hall–Kier alpha value is -1.62. The molecule has 0 aliphatic heterocycles. The molecule has 15 heavy (non-hydrogen) atoms. The molecule has 0 bridgehead atoms. The Morgan fingerprint density at radius 1 is 1.53 bits per heavy atom. The van der Waals surface area contributed by atoms with Gasteiger partial charge in [0.05, 0.1) is 5.56 Å². The summed E-state index contributed by atoms with van der Waals surface area (Å²) in [4.78, 5) is 22.5. The molecule has 78 valence electrons. The average molecular weight is 225 g/mol. The summed E-state index contributed by atoms with van der Waals surface area (Å²) in [6, 6.07) is 0. The van der Waals surface area contributed by atoms with Gasteiger partial charge < -0.3 is 10.3 Å². The van der Waals surface area contributed by atoms with E-state index in [1.54, 1.807) is 20.2 Å². The number of H-pyrrole nitrogens is 1. The minimum Gasteiger partial charge on any atom is -0.357 e. The molecule has 2 N–H and O–H groups in total. The molecule has 0 spiro atoms. The summed E-state index contributed by atoms with van der Waals surface area (Å²) in [6.45, 7) is 1.73. The van der Waals surface area contributed by atoms with Crippen LogP contribution in [0.1, 0.15) is 16.2 Å². The first-order chi connectivity index (χ1) is 7.13. The second kappa shape index (κ2) is 3.51. The first-order valence-corrected chi connectivity index (χ1v) is 4.74. The maximum atomic E-state index is 11.5. The van der Waals surface area contributed by atoms with Crippen molar-refractivity contribution < 1.29 is 4.79 Å². The average Bonchev–Trinajstić information content (AvgIpc) is 2.60. The quantitative estimate of drug-likeness (QED) is 0.717. The molecular weight excluding hydrogens is 216 g/mol. The number of nitrogens with one attached hydrogen (secondary N) is 2. The van der Waals surface area contributed by atoms with Crippen LogP contribution in [-0.4, -0.2) is 27.9 Å². The van der Waals surface area contributed by atoms with E-state index >= 15 is 0 Å². The molecule has 2 rings (SSSR count). The van der Waals surface area contributed by atoms with E-state index in [-0.39, 0.29) is 5.91 Å². The van der Waals surface area contributed by atoms with E-state index < -0.39 is 0 Å². The number of aromatic amines is 1. The minimum atomic E-state index is -0.199. The predicted octanol–water partition coefficient (Wildman–Crippen LogP) is 1.28. The minimum absolute atomic E-state index is 0.199. The molecule has 0 aromatic carbocycles. The standard InChI is InChI=1S/C9H9ClN4O/c1-4-13-6-5(9(15)11-2)3-12-7(6)8(10)14-4/h3,12H,1-2H3,(H,11,15). The normalized spacial score (nSPS) is 10.6. The fraction of sp³-hybridized carbons (Fsp3) is 0.222. The third-order valence-corrected chi connectivity index (χ3v) is 2.34. The molecule has 0 saturated heterocycles. The highest BCUT2D eigenvalue weighted by Gasteiger charge is 2.14. The van der Waals surface area contributed by atoms with Crippen LogP contribution >= 0.6 is 11.6 Å². The zero-order valence-corrected chi connectivity index (χ0v) is 9.01. The van der Waals surface area contributed by atoms with Crippen molar-refractivity contribution in [3.05, 3.63) is 22.7 Å². The molecule has 1 amide bonds. The molecule has 2 heterocycles. The van der Waals surface area contributed by atoms with Crippen molar-refractivity contribution >= 4 is 28.5 Å². The number of hydrogen-bond donors (Lipinski definition) is 2. The lowest BCUT2D eigenvalue weighted by Crippen LogP contribution is -2.17. The monoisotopic (exact) mass is 224 g/mol. The van der Waals surface area contributed by atoms with Gasteiger partial charge >= 0.3 is 0 Å². The molecule has 0 aliphatic rings. The number of fused-ring (bicyclic) bond motifs is 1.